The molecule has 0 radical (unpaired) electrons. The molecule has 2 aliphatic rings. The van der Waals surface area contributed by atoms with E-state index in [0.717, 1.165) is 44.9 Å². The van der Waals surface area contributed by atoms with Gasteiger partial charge >= 0.3 is 0 Å². The maximum atomic E-state index is 5.10. The van der Waals surface area contributed by atoms with E-state index in [1.807, 2.05) is 36.4 Å². The van der Waals surface area contributed by atoms with Crippen molar-refractivity contribution in [2.24, 2.45) is 0 Å². The highest BCUT2D eigenvalue weighted by Crippen LogP contribution is 2.62. The van der Waals surface area contributed by atoms with Crippen LogP contribution in [0.5, 0.6) is 0 Å². The summed E-state index contributed by atoms with van der Waals surface area (Å²) < 4.78 is 0. The maximum absolute atomic E-state index is 5.10. The minimum Gasteiger partial charge on any atom is -0.309 e. The van der Waals surface area contributed by atoms with Crippen LogP contribution in [0.1, 0.15) is 58.4 Å². The summed E-state index contributed by atoms with van der Waals surface area (Å²) in [6, 6.07) is 70.1. The number of hydrogen-bond donors (Lipinski definition) is 0. The van der Waals surface area contributed by atoms with Crippen LogP contribution in [0.4, 0.5) is 17.1 Å². The van der Waals surface area contributed by atoms with E-state index in [9.17, 15) is 0 Å². The first-order valence-corrected chi connectivity index (χ1v) is 21.1. The van der Waals surface area contributed by atoms with Crippen LogP contribution in [0.3, 0.4) is 0 Å². The molecule has 4 heteroatoms. The summed E-state index contributed by atoms with van der Waals surface area (Å²) >= 11 is 0. The molecule has 0 bridgehead atoms. The molecule has 0 saturated carbocycles. The Morgan fingerprint density at radius 3 is 1.38 bits per heavy atom. The number of nitrogens with zero attached hydrogens (tertiary/aromatic N) is 4. The number of aryl methyl sites for hydroxylation is 2. The van der Waals surface area contributed by atoms with Gasteiger partial charge in [0.1, 0.15) is 0 Å². The van der Waals surface area contributed by atoms with Crippen molar-refractivity contribution in [3.63, 3.8) is 0 Å². The van der Waals surface area contributed by atoms with Gasteiger partial charge in [-0.25, -0.2) is 15.0 Å². The Morgan fingerprint density at radius 2 is 0.820 bits per heavy atom. The van der Waals surface area contributed by atoms with E-state index >= 15 is 0 Å². The molecule has 1 aromatic heterocycles. The number of aromatic nitrogens is 3. The van der Waals surface area contributed by atoms with Gasteiger partial charge in [0, 0.05) is 22.1 Å². The molecule has 8 aromatic carbocycles. The Labute approximate surface area is 357 Å². The lowest BCUT2D eigenvalue weighted by Crippen LogP contribution is -2.39. The number of hydrogen-bond acceptors (Lipinski definition) is 4. The van der Waals surface area contributed by atoms with Crippen molar-refractivity contribution in [1.29, 1.82) is 0 Å². The third kappa shape index (κ3) is 5.55. The summed E-state index contributed by atoms with van der Waals surface area (Å²) in [5.41, 5.74) is 18.2. The Hall–Kier alpha value is -7.43. The molecule has 0 spiro atoms. The van der Waals surface area contributed by atoms with E-state index < -0.39 is 5.41 Å². The minimum atomic E-state index is -0.621. The first kappa shape index (κ1) is 36.6. The summed E-state index contributed by atoms with van der Waals surface area (Å²) in [5.74, 6) is 1.95. The molecule has 0 N–H and O–H groups in total. The molecule has 1 aliphatic heterocycles. The number of para-hydroxylation sites is 2. The lowest BCUT2D eigenvalue weighted by Gasteiger charge is -2.48. The molecule has 0 atom stereocenters. The number of rotatable bonds is 6. The van der Waals surface area contributed by atoms with Crippen LogP contribution in [0.15, 0.2) is 194 Å². The van der Waals surface area contributed by atoms with Crippen molar-refractivity contribution < 1.29 is 0 Å². The highest BCUT2D eigenvalue weighted by Gasteiger charge is 2.50. The number of anilines is 3. The second-order valence-corrected chi connectivity index (χ2v) is 16.9. The molecule has 2 heterocycles. The first-order chi connectivity index (χ1) is 29.9. The van der Waals surface area contributed by atoms with Crippen LogP contribution < -0.4 is 4.90 Å². The summed E-state index contributed by atoms with van der Waals surface area (Å²) in [6.45, 7) is 9.24. The standard InChI is InChI=1S/C57H44N4/c1-37-35-41(55-59-53(39-21-8-5-9-22-39)58-54(60-55)40-23-10-6-11-24-40)36-38(2)52(37)61-49-33-18-16-30-46(49)57(42-25-12-7-13-26-42,47-31-17-19-34-50(47)61)48-32-20-28-44-43-27-14-15-29-45(43)56(3,4)51(44)48/h5-36H,1-4H3. The maximum Gasteiger partial charge on any atom is 0.164 e. The van der Waals surface area contributed by atoms with Crippen LogP contribution in [0.2, 0.25) is 0 Å². The Bertz CT molecular complexity index is 3010. The molecular formula is C57H44N4. The Kier molecular flexibility index (Phi) is 8.47. The van der Waals surface area contributed by atoms with E-state index in [1.54, 1.807) is 0 Å². The molecule has 0 amide bonds. The predicted octanol–water partition coefficient (Wildman–Crippen LogP) is 14.0. The number of fused-ring (bicyclic) bond motifs is 5. The van der Waals surface area contributed by atoms with Gasteiger partial charge in [-0.3, -0.25) is 0 Å². The summed E-state index contributed by atoms with van der Waals surface area (Å²) in [4.78, 5) is 17.7. The summed E-state index contributed by atoms with van der Waals surface area (Å²) in [6.07, 6.45) is 0. The fraction of sp³-hybridized carbons (Fsp3) is 0.105. The van der Waals surface area contributed by atoms with Gasteiger partial charge in [0.2, 0.25) is 0 Å². The molecule has 4 nitrogen and oxygen atoms in total. The first-order valence-electron chi connectivity index (χ1n) is 21.1. The van der Waals surface area contributed by atoms with Crippen molar-refractivity contribution in [3.05, 3.63) is 239 Å². The van der Waals surface area contributed by atoms with Crippen molar-refractivity contribution in [3.8, 4) is 45.3 Å². The van der Waals surface area contributed by atoms with Crippen molar-refractivity contribution >= 4 is 17.1 Å². The zero-order valence-electron chi connectivity index (χ0n) is 34.8. The van der Waals surface area contributed by atoms with Crippen LogP contribution in [-0.4, -0.2) is 15.0 Å². The second-order valence-electron chi connectivity index (χ2n) is 16.9. The fourth-order valence-electron chi connectivity index (χ4n) is 10.5. The molecule has 0 unspecified atom stereocenters. The zero-order valence-corrected chi connectivity index (χ0v) is 34.8. The average molecular weight is 785 g/mol. The molecular weight excluding hydrogens is 741 g/mol. The average Bonchev–Trinajstić information content (AvgIpc) is 3.55. The lowest BCUT2D eigenvalue weighted by molar-refractivity contribution is 0.625. The van der Waals surface area contributed by atoms with Crippen molar-refractivity contribution in [1.82, 2.24) is 15.0 Å². The third-order valence-corrected chi connectivity index (χ3v) is 13.0. The molecule has 0 fully saturated rings. The minimum absolute atomic E-state index is 0.218. The fourth-order valence-corrected chi connectivity index (χ4v) is 10.5. The molecule has 61 heavy (non-hydrogen) atoms. The zero-order chi connectivity index (χ0) is 41.3. The lowest BCUT2D eigenvalue weighted by atomic mass is 9.59. The molecule has 1 aliphatic carbocycles. The highest BCUT2D eigenvalue weighted by molar-refractivity contribution is 5.93. The third-order valence-electron chi connectivity index (χ3n) is 13.0. The van der Waals surface area contributed by atoms with Crippen LogP contribution >= 0.6 is 0 Å². The van der Waals surface area contributed by atoms with Gasteiger partial charge in [-0.2, -0.15) is 0 Å². The topological polar surface area (TPSA) is 41.9 Å². The molecule has 11 rings (SSSR count). The van der Waals surface area contributed by atoms with Crippen LogP contribution in [0.25, 0.3) is 45.3 Å². The van der Waals surface area contributed by atoms with E-state index in [2.05, 4.69) is 190 Å². The van der Waals surface area contributed by atoms with Gasteiger partial charge in [-0.15, -0.1) is 0 Å². The van der Waals surface area contributed by atoms with Gasteiger partial charge in [-0.1, -0.05) is 184 Å². The largest absolute Gasteiger partial charge is 0.309 e. The van der Waals surface area contributed by atoms with Gasteiger partial charge in [0.25, 0.3) is 0 Å². The summed E-state index contributed by atoms with van der Waals surface area (Å²) in [5, 5.41) is 0. The van der Waals surface area contributed by atoms with Gasteiger partial charge < -0.3 is 4.90 Å². The van der Waals surface area contributed by atoms with Crippen LogP contribution in [-0.2, 0) is 10.8 Å². The monoisotopic (exact) mass is 784 g/mol. The Morgan fingerprint density at radius 1 is 0.393 bits per heavy atom. The van der Waals surface area contributed by atoms with Crippen LogP contribution in [0, 0.1) is 13.8 Å². The van der Waals surface area contributed by atoms with Gasteiger partial charge in [-0.05, 0) is 93.7 Å². The summed E-state index contributed by atoms with van der Waals surface area (Å²) in [7, 11) is 0. The second kappa shape index (κ2) is 14.1. The molecule has 292 valence electrons. The van der Waals surface area contributed by atoms with Gasteiger partial charge in [0.05, 0.1) is 22.5 Å². The SMILES string of the molecule is Cc1cc(-c2nc(-c3ccccc3)nc(-c3ccccc3)n2)cc(C)c1N1c2ccccc2C(c2ccccc2)(c2cccc3c2C(C)(C)c2ccccc2-3)c2ccccc21. The molecule has 9 aromatic rings. The quantitative estimate of drug-likeness (QED) is 0.168. The Balaban J connectivity index is 1.14. The normalized spacial score (nSPS) is 14.1. The van der Waals surface area contributed by atoms with Crippen molar-refractivity contribution in [2.75, 3.05) is 4.90 Å². The predicted molar refractivity (Wildman–Crippen MR) is 250 cm³/mol. The highest BCUT2D eigenvalue weighted by atomic mass is 15.2. The van der Waals surface area contributed by atoms with E-state index in [-0.39, 0.29) is 5.41 Å². The van der Waals surface area contributed by atoms with Gasteiger partial charge in [0.15, 0.2) is 17.5 Å². The smallest absolute Gasteiger partial charge is 0.164 e. The number of benzene rings is 8. The van der Waals surface area contributed by atoms with E-state index in [1.165, 1.54) is 44.5 Å². The van der Waals surface area contributed by atoms with Crippen molar-refractivity contribution in [2.45, 2.75) is 38.5 Å². The molecule has 0 saturated heterocycles. The van der Waals surface area contributed by atoms with E-state index in [0.29, 0.717) is 17.5 Å². The van der Waals surface area contributed by atoms with E-state index in [4.69, 9.17) is 15.0 Å².